The Kier molecular flexibility index (Phi) is 14.4. The minimum atomic E-state index is -1.21. The average Bonchev–Trinajstić information content (AvgIpc) is 3.42. The van der Waals surface area contributed by atoms with Gasteiger partial charge in [0.25, 0.3) is 0 Å². The Balaban J connectivity index is 2.07. The Morgan fingerprint density at radius 1 is 0.884 bits per heavy atom. The molecule has 4 amide bonds. The van der Waals surface area contributed by atoms with Crippen molar-refractivity contribution < 1.29 is 29.0 Å². The molecule has 5 N–H and O–H groups in total. The number of benzene rings is 1. The van der Waals surface area contributed by atoms with Crippen molar-refractivity contribution in [2.45, 2.75) is 97.6 Å². The van der Waals surface area contributed by atoms with Gasteiger partial charge in [-0.2, -0.15) is 0 Å². The average molecular weight is 598 g/mol. The van der Waals surface area contributed by atoms with E-state index in [9.17, 15) is 24.3 Å². The maximum atomic E-state index is 13.5. The molecule has 0 saturated heterocycles. The number of aliphatic hydroxyl groups excluding tert-OH is 1. The second-order valence-electron chi connectivity index (χ2n) is 12.7. The number of aliphatic hydroxyl groups is 1. The first-order valence-electron chi connectivity index (χ1n) is 14.9. The van der Waals surface area contributed by atoms with Crippen LogP contribution in [0.25, 0.3) is 0 Å². The molecule has 0 bridgehead atoms. The van der Waals surface area contributed by atoms with Gasteiger partial charge in [0.2, 0.25) is 17.7 Å². The maximum Gasteiger partial charge on any atom is 0.407 e. The van der Waals surface area contributed by atoms with Crippen molar-refractivity contribution in [3.63, 3.8) is 0 Å². The molecular weight excluding hydrogens is 548 g/mol. The zero-order valence-corrected chi connectivity index (χ0v) is 26.5. The molecular formula is C33H49N4O6. The van der Waals surface area contributed by atoms with Gasteiger partial charge in [0.1, 0.15) is 17.7 Å². The van der Waals surface area contributed by atoms with Crippen LogP contribution in [0.3, 0.4) is 0 Å². The number of ether oxygens (including phenoxy) is 1. The Morgan fingerprint density at radius 3 is 2.07 bits per heavy atom. The van der Waals surface area contributed by atoms with Gasteiger partial charge in [-0.05, 0) is 70.3 Å². The van der Waals surface area contributed by atoms with Crippen LogP contribution in [0.1, 0.15) is 66.9 Å². The van der Waals surface area contributed by atoms with Gasteiger partial charge < -0.3 is 31.1 Å². The maximum absolute atomic E-state index is 13.5. The van der Waals surface area contributed by atoms with Gasteiger partial charge in [-0.3, -0.25) is 14.4 Å². The first-order chi connectivity index (χ1) is 20.1. The third-order valence-corrected chi connectivity index (χ3v) is 6.67. The number of hydrogen-bond donors (Lipinski definition) is 5. The number of carbonyl (C=O) groups excluding carboxylic acids is 4. The number of carbonyl (C=O) groups is 4. The lowest BCUT2D eigenvalue weighted by molar-refractivity contribution is -0.133. The number of amides is 4. The molecule has 1 saturated carbocycles. The topological polar surface area (TPSA) is 146 Å². The molecule has 1 aromatic carbocycles. The smallest absolute Gasteiger partial charge is 0.407 e. The summed E-state index contributed by atoms with van der Waals surface area (Å²) in [6.07, 6.45) is 6.03. The van der Waals surface area contributed by atoms with Gasteiger partial charge in [-0.15, -0.1) is 0 Å². The van der Waals surface area contributed by atoms with Crippen LogP contribution in [0.2, 0.25) is 0 Å². The summed E-state index contributed by atoms with van der Waals surface area (Å²) in [6, 6.07) is 6.81. The highest BCUT2D eigenvalue weighted by atomic mass is 16.6. The molecule has 0 aliphatic heterocycles. The highest BCUT2D eigenvalue weighted by Crippen LogP contribution is 2.22. The van der Waals surface area contributed by atoms with Gasteiger partial charge in [-0.1, -0.05) is 58.0 Å². The third-order valence-electron chi connectivity index (χ3n) is 6.67. The van der Waals surface area contributed by atoms with Gasteiger partial charge >= 0.3 is 6.09 Å². The fourth-order valence-electron chi connectivity index (χ4n) is 4.54. The van der Waals surface area contributed by atoms with Gasteiger partial charge in [0, 0.05) is 18.9 Å². The molecule has 0 unspecified atom stereocenters. The van der Waals surface area contributed by atoms with E-state index in [4.69, 9.17) is 4.74 Å². The third kappa shape index (κ3) is 13.8. The van der Waals surface area contributed by atoms with Crippen LogP contribution in [-0.4, -0.2) is 65.3 Å². The fraction of sp³-hybridized carbons (Fsp3) is 0.545. The van der Waals surface area contributed by atoms with E-state index in [-0.39, 0.29) is 30.6 Å². The van der Waals surface area contributed by atoms with E-state index < -0.39 is 47.7 Å². The van der Waals surface area contributed by atoms with Gasteiger partial charge in [0.05, 0.1) is 18.6 Å². The number of rotatable bonds is 15. The first-order valence-corrected chi connectivity index (χ1v) is 14.9. The van der Waals surface area contributed by atoms with E-state index >= 15 is 0 Å². The van der Waals surface area contributed by atoms with Crippen LogP contribution in [0, 0.1) is 43.4 Å². The molecule has 1 aliphatic rings. The first kappa shape index (κ1) is 36.1. The zero-order chi connectivity index (χ0) is 32.2. The summed E-state index contributed by atoms with van der Waals surface area (Å²) in [7, 11) is 0. The molecule has 1 aliphatic carbocycles. The lowest BCUT2D eigenvalue weighted by Crippen LogP contribution is -2.56. The Morgan fingerprint density at radius 2 is 1.51 bits per heavy atom. The molecule has 237 valence electrons. The van der Waals surface area contributed by atoms with E-state index in [0.717, 1.165) is 11.5 Å². The van der Waals surface area contributed by atoms with Crippen molar-refractivity contribution in [1.82, 2.24) is 21.3 Å². The SMILES string of the molecule is CC(C)C[C@H](NC(=O)OC(C)(C)C)[C@@H](O)CC(=O)N[C@H](C(=O)N[C@H](Cc1ccccc1)C(=O)NC[C]1[CH][CH][CH][CH]1)C(C)C. The molecule has 0 heterocycles. The summed E-state index contributed by atoms with van der Waals surface area (Å²) < 4.78 is 5.32. The predicted octanol–water partition coefficient (Wildman–Crippen LogP) is 3.07. The van der Waals surface area contributed by atoms with Crippen molar-refractivity contribution in [1.29, 1.82) is 0 Å². The Labute approximate surface area is 257 Å². The lowest BCUT2D eigenvalue weighted by Gasteiger charge is -2.29. The second kappa shape index (κ2) is 17.2. The molecule has 0 spiro atoms. The molecule has 1 fully saturated rings. The van der Waals surface area contributed by atoms with Crippen LogP contribution in [0.15, 0.2) is 30.3 Å². The minimum Gasteiger partial charge on any atom is -0.444 e. The molecule has 2 rings (SSSR count). The highest BCUT2D eigenvalue weighted by molar-refractivity contribution is 5.92. The standard InChI is InChI=1S/C33H49N4O6/c1-21(2)17-25(36-32(42)43-33(5,6)7)27(38)19-28(39)37-29(22(3)4)31(41)35-26(18-23-13-9-8-10-14-23)30(40)34-20-24-15-11-12-16-24/h8-16,21-22,25-27,29,38H,17-20H2,1-7H3,(H,34,40)(H,35,41)(H,36,42)(H,37,39)/t25-,26+,27-,29-/m0/s1. The number of hydrogen-bond acceptors (Lipinski definition) is 6. The zero-order valence-electron chi connectivity index (χ0n) is 26.5. The largest absolute Gasteiger partial charge is 0.444 e. The predicted molar refractivity (Wildman–Crippen MR) is 166 cm³/mol. The normalized spacial score (nSPS) is 16.7. The summed E-state index contributed by atoms with van der Waals surface area (Å²) in [4.78, 5) is 52.1. The Bertz CT molecular complexity index is 1030. The monoisotopic (exact) mass is 597 g/mol. The Hall–Kier alpha value is -3.14. The second-order valence-corrected chi connectivity index (χ2v) is 12.7. The van der Waals surface area contributed by atoms with Crippen LogP contribution in [-0.2, 0) is 25.5 Å². The van der Waals surface area contributed by atoms with Crippen molar-refractivity contribution in [2.24, 2.45) is 11.8 Å². The van der Waals surface area contributed by atoms with E-state index in [1.807, 2.05) is 69.9 Å². The summed E-state index contributed by atoms with van der Waals surface area (Å²) in [5, 5.41) is 22.0. The molecule has 43 heavy (non-hydrogen) atoms. The molecule has 4 atom stereocenters. The summed E-state index contributed by atoms with van der Waals surface area (Å²) in [5.41, 5.74) is 0.156. The van der Waals surface area contributed by atoms with Crippen molar-refractivity contribution in [3.8, 4) is 0 Å². The molecule has 10 nitrogen and oxygen atoms in total. The van der Waals surface area contributed by atoms with Crippen LogP contribution >= 0.6 is 0 Å². The fourth-order valence-corrected chi connectivity index (χ4v) is 4.54. The van der Waals surface area contributed by atoms with E-state index in [2.05, 4.69) is 21.3 Å². The quantitative estimate of drug-likeness (QED) is 0.210. The van der Waals surface area contributed by atoms with Crippen molar-refractivity contribution in [2.75, 3.05) is 6.54 Å². The minimum absolute atomic E-state index is 0.124. The highest BCUT2D eigenvalue weighted by Gasteiger charge is 2.32. The van der Waals surface area contributed by atoms with E-state index in [0.29, 0.717) is 13.0 Å². The lowest BCUT2D eigenvalue weighted by atomic mass is 9.96. The van der Waals surface area contributed by atoms with Crippen molar-refractivity contribution in [3.05, 3.63) is 67.5 Å². The van der Waals surface area contributed by atoms with E-state index in [1.165, 1.54) is 0 Å². The summed E-state index contributed by atoms with van der Waals surface area (Å²) >= 11 is 0. The molecule has 0 aromatic heterocycles. The van der Waals surface area contributed by atoms with Crippen LogP contribution in [0.5, 0.6) is 0 Å². The number of nitrogens with one attached hydrogen (secondary N) is 4. The molecule has 5 radical (unpaired) electrons. The summed E-state index contributed by atoms with van der Waals surface area (Å²) in [6.45, 7) is 13.0. The molecule has 10 heteroatoms. The van der Waals surface area contributed by atoms with E-state index in [1.54, 1.807) is 34.6 Å². The van der Waals surface area contributed by atoms with Crippen LogP contribution in [0.4, 0.5) is 4.79 Å². The van der Waals surface area contributed by atoms with Gasteiger partial charge in [0.15, 0.2) is 0 Å². The van der Waals surface area contributed by atoms with Crippen molar-refractivity contribution >= 4 is 23.8 Å². The van der Waals surface area contributed by atoms with Crippen LogP contribution < -0.4 is 21.3 Å². The molecule has 1 aromatic rings. The summed E-state index contributed by atoms with van der Waals surface area (Å²) in [5.74, 6) is -0.640. The van der Waals surface area contributed by atoms with Gasteiger partial charge in [-0.25, -0.2) is 4.79 Å². The number of alkyl carbamates (subject to hydrolysis) is 1.